The van der Waals surface area contributed by atoms with Gasteiger partial charge in [-0.2, -0.15) is 0 Å². The van der Waals surface area contributed by atoms with Crippen molar-refractivity contribution in [3.8, 4) is 0 Å². The van der Waals surface area contributed by atoms with Crippen LogP contribution in [0.3, 0.4) is 0 Å². The standard InChI is InChI=1S/C12H17FN2OS/c13-10-1-2-12(11(14)9-10)17-8-5-15-3-6-16-7-4-15/h1-2,9H,3-8,14H2. The molecule has 1 saturated heterocycles. The van der Waals surface area contributed by atoms with Gasteiger partial charge in [-0.05, 0) is 18.2 Å². The Morgan fingerprint density at radius 3 is 2.82 bits per heavy atom. The summed E-state index contributed by atoms with van der Waals surface area (Å²) in [5, 5.41) is 0. The summed E-state index contributed by atoms with van der Waals surface area (Å²) in [6.45, 7) is 4.66. The average Bonchev–Trinajstić information content (AvgIpc) is 2.33. The van der Waals surface area contributed by atoms with Gasteiger partial charge in [0.1, 0.15) is 5.82 Å². The van der Waals surface area contributed by atoms with Gasteiger partial charge in [-0.1, -0.05) is 0 Å². The van der Waals surface area contributed by atoms with Crippen molar-refractivity contribution in [2.24, 2.45) is 0 Å². The lowest BCUT2D eigenvalue weighted by atomic mass is 10.3. The summed E-state index contributed by atoms with van der Waals surface area (Å²) in [6.07, 6.45) is 0. The number of anilines is 1. The molecule has 0 saturated carbocycles. The van der Waals surface area contributed by atoms with E-state index in [0.717, 1.165) is 43.5 Å². The Labute approximate surface area is 105 Å². The van der Waals surface area contributed by atoms with Gasteiger partial charge in [0.15, 0.2) is 0 Å². The molecule has 0 bridgehead atoms. The third kappa shape index (κ3) is 3.87. The van der Waals surface area contributed by atoms with Crippen molar-refractivity contribution in [1.29, 1.82) is 0 Å². The third-order valence-corrected chi connectivity index (χ3v) is 3.81. The van der Waals surface area contributed by atoms with E-state index in [1.54, 1.807) is 17.8 Å². The molecule has 1 heterocycles. The van der Waals surface area contributed by atoms with Gasteiger partial charge in [-0.15, -0.1) is 11.8 Å². The molecular weight excluding hydrogens is 239 g/mol. The summed E-state index contributed by atoms with van der Waals surface area (Å²) >= 11 is 1.68. The number of nitrogens with zero attached hydrogens (tertiary/aromatic N) is 1. The van der Waals surface area contributed by atoms with E-state index in [1.807, 2.05) is 0 Å². The lowest BCUT2D eigenvalue weighted by Crippen LogP contribution is -2.37. The molecular formula is C12H17FN2OS. The van der Waals surface area contributed by atoms with Crippen LogP contribution < -0.4 is 5.73 Å². The first kappa shape index (κ1) is 12.7. The zero-order chi connectivity index (χ0) is 12.1. The van der Waals surface area contributed by atoms with Crippen LogP contribution in [0, 0.1) is 5.82 Å². The Hall–Kier alpha value is -0.780. The van der Waals surface area contributed by atoms with E-state index >= 15 is 0 Å². The SMILES string of the molecule is Nc1cc(F)ccc1SCCN1CCOCC1. The van der Waals surface area contributed by atoms with Crippen LogP contribution in [-0.2, 0) is 4.74 Å². The van der Waals surface area contributed by atoms with Crippen molar-refractivity contribution >= 4 is 17.4 Å². The first-order valence-electron chi connectivity index (χ1n) is 5.73. The summed E-state index contributed by atoms with van der Waals surface area (Å²) in [7, 11) is 0. The van der Waals surface area contributed by atoms with Crippen molar-refractivity contribution in [1.82, 2.24) is 4.90 Å². The molecule has 1 aromatic carbocycles. The van der Waals surface area contributed by atoms with E-state index in [4.69, 9.17) is 10.5 Å². The molecule has 0 aliphatic carbocycles. The van der Waals surface area contributed by atoms with Gasteiger partial charge in [-0.25, -0.2) is 4.39 Å². The molecule has 5 heteroatoms. The Kier molecular flexibility index (Phi) is 4.65. The van der Waals surface area contributed by atoms with Crippen LogP contribution in [0.1, 0.15) is 0 Å². The summed E-state index contributed by atoms with van der Waals surface area (Å²) in [6, 6.07) is 4.57. The molecule has 0 amide bonds. The first-order valence-corrected chi connectivity index (χ1v) is 6.72. The van der Waals surface area contributed by atoms with Crippen LogP contribution >= 0.6 is 11.8 Å². The van der Waals surface area contributed by atoms with Gasteiger partial charge in [0, 0.05) is 36.0 Å². The van der Waals surface area contributed by atoms with Crippen molar-refractivity contribution in [3.63, 3.8) is 0 Å². The number of hydrogen-bond donors (Lipinski definition) is 1. The molecule has 0 radical (unpaired) electrons. The quantitative estimate of drug-likeness (QED) is 0.659. The maximum atomic E-state index is 12.8. The molecule has 1 aliphatic heterocycles. The lowest BCUT2D eigenvalue weighted by molar-refractivity contribution is 0.0410. The highest BCUT2D eigenvalue weighted by atomic mass is 32.2. The van der Waals surface area contributed by atoms with E-state index in [1.165, 1.54) is 12.1 Å². The largest absolute Gasteiger partial charge is 0.398 e. The van der Waals surface area contributed by atoms with E-state index in [-0.39, 0.29) is 5.82 Å². The lowest BCUT2D eigenvalue weighted by Gasteiger charge is -2.26. The molecule has 1 aliphatic rings. The average molecular weight is 256 g/mol. The van der Waals surface area contributed by atoms with Gasteiger partial charge < -0.3 is 10.5 Å². The molecule has 2 N–H and O–H groups in total. The van der Waals surface area contributed by atoms with Crippen molar-refractivity contribution < 1.29 is 9.13 Å². The molecule has 94 valence electrons. The Bertz CT molecular complexity index is 370. The summed E-state index contributed by atoms with van der Waals surface area (Å²) < 4.78 is 18.1. The summed E-state index contributed by atoms with van der Waals surface area (Å²) in [5.41, 5.74) is 6.27. The molecule has 1 fully saturated rings. The number of morpholine rings is 1. The molecule has 0 atom stereocenters. The topological polar surface area (TPSA) is 38.5 Å². The van der Waals surface area contributed by atoms with Gasteiger partial charge in [0.25, 0.3) is 0 Å². The number of nitrogen functional groups attached to an aromatic ring is 1. The predicted molar refractivity (Wildman–Crippen MR) is 68.8 cm³/mol. The van der Waals surface area contributed by atoms with Crippen LogP contribution in [0.5, 0.6) is 0 Å². The molecule has 0 unspecified atom stereocenters. The minimum Gasteiger partial charge on any atom is -0.398 e. The van der Waals surface area contributed by atoms with Gasteiger partial charge in [0.05, 0.1) is 13.2 Å². The number of rotatable bonds is 4. The monoisotopic (exact) mass is 256 g/mol. The number of halogens is 1. The number of hydrogen-bond acceptors (Lipinski definition) is 4. The third-order valence-electron chi connectivity index (χ3n) is 2.74. The molecule has 2 rings (SSSR count). The van der Waals surface area contributed by atoms with Crippen LogP contribution in [0.4, 0.5) is 10.1 Å². The first-order chi connectivity index (χ1) is 8.25. The normalized spacial score (nSPS) is 17.2. The second-order valence-electron chi connectivity index (χ2n) is 3.98. The van der Waals surface area contributed by atoms with E-state index < -0.39 is 0 Å². The molecule has 1 aromatic rings. The predicted octanol–water partition coefficient (Wildman–Crippen LogP) is 1.83. The Balaban J connectivity index is 1.77. The molecule has 0 spiro atoms. The smallest absolute Gasteiger partial charge is 0.125 e. The summed E-state index contributed by atoms with van der Waals surface area (Å²) in [5.74, 6) is 0.690. The highest BCUT2D eigenvalue weighted by molar-refractivity contribution is 7.99. The Morgan fingerprint density at radius 2 is 2.12 bits per heavy atom. The number of ether oxygens (including phenoxy) is 1. The fourth-order valence-electron chi connectivity index (χ4n) is 1.76. The van der Waals surface area contributed by atoms with Crippen LogP contribution in [-0.4, -0.2) is 43.5 Å². The van der Waals surface area contributed by atoms with Gasteiger partial charge in [0.2, 0.25) is 0 Å². The van der Waals surface area contributed by atoms with Gasteiger partial charge >= 0.3 is 0 Å². The maximum Gasteiger partial charge on any atom is 0.125 e. The van der Waals surface area contributed by atoms with Gasteiger partial charge in [-0.3, -0.25) is 4.90 Å². The zero-order valence-corrected chi connectivity index (χ0v) is 10.5. The van der Waals surface area contributed by atoms with E-state index in [9.17, 15) is 4.39 Å². The van der Waals surface area contributed by atoms with Crippen LogP contribution in [0.2, 0.25) is 0 Å². The Morgan fingerprint density at radius 1 is 1.35 bits per heavy atom. The fraction of sp³-hybridized carbons (Fsp3) is 0.500. The fourth-order valence-corrected chi connectivity index (χ4v) is 2.72. The zero-order valence-electron chi connectivity index (χ0n) is 9.69. The highest BCUT2D eigenvalue weighted by Gasteiger charge is 2.10. The second-order valence-corrected chi connectivity index (χ2v) is 5.12. The number of thioether (sulfide) groups is 1. The molecule has 0 aromatic heterocycles. The van der Waals surface area contributed by atoms with Crippen molar-refractivity contribution in [3.05, 3.63) is 24.0 Å². The molecule has 17 heavy (non-hydrogen) atoms. The second kappa shape index (κ2) is 6.23. The minimum atomic E-state index is -0.278. The van der Waals surface area contributed by atoms with Crippen LogP contribution in [0.15, 0.2) is 23.1 Å². The number of benzene rings is 1. The number of nitrogens with two attached hydrogens (primary N) is 1. The minimum absolute atomic E-state index is 0.278. The molecule has 3 nitrogen and oxygen atoms in total. The maximum absolute atomic E-state index is 12.8. The highest BCUT2D eigenvalue weighted by Crippen LogP contribution is 2.25. The van der Waals surface area contributed by atoms with E-state index in [2.05, 4.69) is 4.90 Å². The van der Waals surface area contributed by atoms with Crippen molar-refractivity contribution in [2.45, 2.75) is 4.90 Å². The van der Waals surface area contributed by atoms with E-state index in [0.29, 0.717) is 5.69 Å². The van der Waals surface area contributed by atoms with Crippen LogP contribution in [0.25, 0.3) is 0 Å². The van der Waals surface area contributed by atoms with Crippen molar-refractivity contribution in [2.75, 3.05) is 44.3 Å². The summed E-state index contributed by atoms with van der Waals surface area (Å²) in [4.78, 5) is 3.33.